The molecule has 0 spiro atoms. The molecule has 0 unspecified atom stereocenters. The van der Waals surface area contributed by atoms with Crippen LogP contribution in [0, 0.1) is 0 Å². The lowest BCUT2D eigenvalue weighted by atomic mass is 10.1. The molecule has 0 radical (unpaired) electrons. The maximum atomic E-state index is 4.58. The molecule has 1 rings (SSSR count). The molecule has 0 aliphatic heterocycles. The average molecular weight is 236 g/mol. The van der Waals surface area contributed by atoms with Gasteiger partial charge in [-0.1, -0.05) is 20.8 Å². The summed E-state index contributed by atoms with van der Waals surface area (Å²) in [6.07, 6.45) is 6.95. The zero-order chi connectivity index (χ0) is 12.7. The van der Waals surface area contributed by atoms with Gasteiger partial charge in [0.05, 0.1) is 12.4 Å². The van der Waals surface area contributed by atoms with E-state index in [4.69, 9.17) is 0 Å². The second-order valence-electron chi connectivity index (χ2n) is 4.27. The van der Waals surface area contributed by atoms with Gasteiger partial charge in [-0.05, 0) is 19.3 Å². The molecule has 0 saturated heterocycles. The van der Waals surface area contributed by atoms with Gasteiger partial charge in [0, 0.05) is 19.6 Å². The molecule has 17 heavy (non-hydrogen) atoms. The average Bonchev–Trinajstić information content (AvgIpc) is 2.38. The van der Waals surface area contributed by atoms with Gasteiger partial charge in [-0.15, -0.1) is 0 Å². The molecular formula is C13H24N4. The van der Waals surface area contributed by atoms with Crippen LogP contribution in [-0.2, 0) is 0 Å². The van der Waals surface area contributed by atoms with Gasteiger partial charge in [0.25, 0.3) is 0 Å². The van der Waals surface area contributed by atoms with Crippen LogP contribution in [0.15, 0.2) is 12.4 Å². The van der Waals surface area contributed by atoms with E-state index in [1.54, 1.807) is 6.20 Å². The van der Waals surface area contributed by atoms with Crippen LogP contribution in [0.2, 0.25) is 0 Å². The summed E-state index contributed by atoms with van der Waals surface area (Å²) < 4.78 is 0. The molecular weight excluding hydrogens is 212 g/mol. The first-order chi connectivity index (χ1) is 8.22. The smallest absolute Gasteiger partial charge is 0.149 e. The predicted molar refractivity (Wildman–Crippen MR) is 73.6 cm³/mol. The third-order valence-corrected chi connectivity index (χ3v) is 3.03. The van der Waals surface area contributed by atoms with E-state index in [1.807, 2.05) is 6.20 Å². The minimum atomic E-state index is 0.533. The Morgan fingerprint density at radius 1 is 1.24 bits per heavy atom. The Labute approximate surface area is 104 Å². The quantitative estimate of drug-likeness (QED) is 0.790. The van der Waals surface area contributed by atoms with Gasteiger partial charge < -0.3 is 10.2 Å². The zero-order valence-corrected chi connectivity index (χ0v) is 11.4. The first-order valence-corrected chi connectivity index (χ1v) is 6.51. The van der Waals surface area contributed by atoms with Crippen LogP contribution in [0.3, 0.4) is 0 Å². The van der Waals surface area contributed by atoms with E-state index in [0.29, 0.717) is 6.04 Å². The number of nitrogens with zero attached hydrogens (tertiary/aromatic N) is 3. The number of hydrogen-bond donors (Lipinski definition) is 1. The fraction of sp³-hybridized carbons (Fsp3) is 0.692. The van der Waals surface area contributed by atoms with Crippen LogP contribution < -0.4 is 10.2 Å². The van der Waals surface area contributed by atoms with Crippen LogP contribution >= 0.6 is 0 Å². The number of rotatable bonds is 7. The van der Waals surface area contributed by atoms with E-state index in [9.17, 15) is 0 Å². The van der Waals surface area contributed by atoms with Crippen molar-refractivity contribution in [3.05, 3.63) is 12.4 Å². The highest BCUT2D eigenvalue weighted by atomic mass is 15.2. The van der Waals surface area contributed by atoms with E-state index in [1.165, 1.54) is 0 Å². The number of aromatic nitrogens is 2. The van der Waals surface area contributed by atoms with Crippen molar-refractivity contribution in [3.8, 4) is 0 Å². The summed E-state index contributed by atoms with van der Waals surface area (Å²) in [6.45, 7) is 7.49. The first-order valence-electron chi connectivity index (χ1n) is 6.51. The molecule has 96 valence electrons. The maximum absolute atomic E-state index is 4.58. The molecule has 1 heterocycles. The minimum Gasteiger partial charge on any atom is -0.369 e. The zero-order valence-electron chi connectivity index (χ0n) is 11.4. The third kappa shape index (κ3) is 3.88. The van der Waals surface area contributed by atoms with Crippen LogP contribution in [0.4, 0.5) is 11.6 Å². The number of nitrogens with one attached hydrogen (secondary N) is 1. The Morgan fingerprint density at radius 3 is 2.53 bits per heavy atom. The molecule has 0 bridgehead atoms. The van der Waals surface area contributed by atoms with Gasteiger partial charge in [-0.25, -0.2) is 4.98 Å². The summed E-state index contributed by atoms with van der Waals surface area (Å²) in [5, 5.41) is 3.26. The van der Waals surface area contributed by atoms with Crippen molar-refractivity contribution in [1.82, 2.24) is 9.97 Å². The molecule has 0 amide bonds. The van der Waals surface area contributed by atoms with E-state index < -0.39 is 0 Å². The van der Waals surface area contributed by atoms with Gasteiger partial charge >= 0.3 is 0 Å². The van der Waals surface area contributed by atoms with Crippen molar-refractivity contribution in [1.29, 1.82) is 0 Å². The van der Waals surface area contributed by atoms with E-state index in [-0.39, 0.29) is 0 Å². The Balaban J connectivity index is 2.75. The van der Waals surface area contributed by atoms with Crippen molar-refractivity contribution in [2.75, 3.05) is 23.8 Å². The largest absolute Gasteiger partial charge is 0.369 e. The highest BCUT2D eigenvalue weighted by molar-refractivity contribution is 5.43. The van der Waals surface area contributed by atoms with E-state index >= 15 is 0 Å². The van der Waals surface area contributed by atoms with Crippen LogP contribution in [0.5, 0.6) is 0 Å². The van der Waals surface area contributed by atoms with Crippen molar-refractivity contribution >= 4 is 11.6 Å². The molecule has 4 heteroatoms. The van der Waals surface area contributed by atoms with E-state index in [0.717, 1.165) is 37.4 Å². The molecule has 1 aromatic heterocycles. The molecule has 1 N–H and O–H groups in total. The Hall–Kier alpha value is -1.32. The molecule has 1 aromatic rings. The van der Waals surface area contributed by atoms with Gasteiger partial charge in [0.1, 0.15) is 11.6 Å². The van der Waals surface area contributed by atoms with Gasteiger partial charge in [-0.3, -0.25) is 4.98 Å². The summed E-state index contributed by atoms with van der Waals surface area (Å²) in [7, 11) is 2.09. The lowest BCUT2D eigenvalue weighted by Crippen LogP contribution is -2.31. The van der Waals surface area contributed by atoms with Crippen molar-refractivity contribution in [3.63, 3.8) is 0 Å². The van der Waals surface area contributed by atoms with Crippen molar-refractivity contribution < 1.29 is 0 Å². The highest BCUT2D eigenvalue weighted by Gasteiger charge is 2.12. The highest BCUT2D eigenvalue weighted by Crippen LogP contribution is 2.16. The monoisotopic (exact) mass is 236 g/mol. The molecule has 0 fully saturated rings. The van der Waals surface area contributed by atoms with Crippen LogP contribution in [-0.4, -0.2) is 29.6 Å². The Morgan fingerprint density at radius 2 is 1.94 bits per heavy atom. The molecule has 0 aromatic carbocycles. The van der Waals surface area contributed by atoms with Crippen molar-refractivity contribution in [2.45, 2.75) is 46.1 Å². The summed E-state index contributed by atoms with van der Waals surface area (Å²) in [5.41, 5.74) is 0. The molecule has 4 nitrogen and oxygen atoms in total. The summed E-state index contributed by atoms with van der Waals surface area (Å²) in [6, 6.07) is 0.533. The first kappa shape index (κ1) is 13.7. The second-order valence-corrected chi connectivity index (χ2v) is 4.27. The fourth-order valence-electron chi connectivity index (χ4n) is 1.89. The van der Waals surface area contributed by atoms with E-state index in [2.05, 4.69) is 48.0 Å². The predicted octanol–water partition coefficient (Wildman–Crippen LogP) is 2.92. The standard InChI is InChI=1S/C13H24N4/c1-5-8-15-12-9-14-10-13(16-12)17(4)11(6-2)7-3/h9-11H,5-8H2,1-4H3,(H,15,16). The number of anilines is 2. The van der Waals surface area contributed by atoms with Gasteiger partial charge in [-0.2, -0.15) is 0 Å². The van der Waals surface area contributed by atoms with Gasteiger partial charge in [0.2, 0.25) is 0 Å². The second kappa shape index (κ2) is 7.09. The molecule has 0 atom stereocenters. The lowest BCUT2D eigenvalue weighted by molar-refractivity contribution is 0.586. The molecule has 0 aliphatic carbocycles. The molecule has 0 saturated carbocycles. The normalized spacial score (nSPS) is 10.6. The van der Waals surface area contributed by atoms with Crippen molar-refractivity contribution in [2.24, 2.45) is 0 Å². The number of hydrogen-bond acceptors (Lipinski definition) is 4. The van der Waals surface area contributed by atoms with Crippen LogP contribution in [0.25, 0.3) is 0 Å². The minimum absolute atomic E-state index is 0.533. The SMILES string of the molecule is CCCNc1cncc(N(C)C(CC)CC)n1. The van der Waals surface area contributed by atoms with Gasteiger partial charge in [0.15, 0.2) is 0 Å². The summed E-state index contributed by atoms with van der Waals surface area (Å²) in [5.74, 6) is 1.81. The summed E-state index contributed by atoms with van der Waals surface area (Å²) >= 11 is 0. The topological polar surface area (TPSA) is 41.1 Å². The Kier molecular flexibility index (Phi) is 5.73. The van der Waals surface area contributed by atoms with Crippen LogP contribution in [0.1, 0.15) is 40.0 Å². The fourth-order valence-corrected chi connectivity index (χ4v) is 1.89. The molecule has 0 aliphatic rings. The summed E-state index contributed by atoms with van der Waals surface area (Å²) in [4.78, 5) is 11.0. The maximum Gasteiger partial charge on any atom is 0.149 e. The third-order valence-electron chi connectivity index (χ3n) is 3.03. The lowest BCUT2D eigenvalue weighted by Gasteiger charge is -2.27. The Bertz CT molecular complexity index is 323.